The minimum absolute atomic E-state index is 0.260. The van der Waals surface area contributed by atoms with Crippen LogP contribution in [0.15, 0.2) is 0 Å². The molecule has 0 saturated carbocycles. The van der Waals surface area contributed by atoms with Gasteiger partial charge in [-0.3, -0.25) is 0 Å². The third-order valence-electron chi connectivity index (χ3n) is 1.91. The Labute approximate surface area is 107 Å². The Hall–Kier alpha value is 0.580. The monoisotopic (exact) mass is 268 g/mol. The van der Waals surface area contributed by atoms with Crippen molar-refractivity contribution < 1.29 is 15.3 Å². The molecule has 98 valence electrons. The van der Waals surface area contributed by atoms with Gasteiger partial charge in [-0.1, -0.05) is 27.7 Å². The third-order valence-corrected chi connectivity index (χ3v) is 4.66. The highest BCUT2D eigenvalue weighted by Crippen LogP contribution is 2.34. The molecule has 0 bridgehead atoms. The van der Waals surface area contributed by atoms with Crippen molar-refractivity contribution in [1.29, 1.82) is 0 Å². The fourth-order valence-electron chi connectivity index (χ4n) is 1.23. The van der Waals surface area contributed by atoms with Crippen LogP contribution in [-0.4, -0.2) is 49.2 Å². The van der Waals surface area contributed by atoms with Gasteiger partial charge in [-0.15, -0.1) is 23.5 Å². The first-order chi connectivity index (χ1) is 7.36. The van der Waals surface area contributed by atoms with Gasteiger partial charge in [0, 0.05) is 10.5 Å². The average molecular weight is 268 g/mol. The Bertz CT molecular complexity index is 167. The molecular formula is C11H24O3S2. The topological polar surface area (TPSA) is 60.7 Å². The van der Waals surface area contributed by atoms with Gasteiger partial charge in [-0.25, -0.2) is 0 Å². The van der Waals surface area contributed by atoms with Crippen molar-refractivity contribution in [2.45, 2.75) is 61.4 Å². The highest BCUT2D eigenvalue weighted by atomic mass is 32.2. The summed E-state index contributed by atoms with van der Waals surface area (Å²) in [5.41, 5.74) is 0. The third kappa shape index (κ3) is 7.79. The van der Waals surface area contributed by atoms with Crippen LogP contribution in [0.4, 0.5) is 0 Å². The Kier molecular flexibility index (Phi) is 8.95. The maximum absolute atomic E-state index is 9.68. The lowest BCUT2D eigenvalue weighted by Crippen LogP contribution is -2.31. The van der Waals surface area contributed by atoms with E-state index in [9.17, 15) is 10.2 Å². The van der Waals surface area contributed by atoms with E-state index in [0.717, 1.165) is 0 Å². The summed E-state index contributed by atoms with van der Waals surface area (Å²) in [7, 11) is 0. The van der Waals surface area contributed by atoms with Gasteiger partial charge in [0.05, 0.1) is 17.3 Å². The molecule has 0 aromatic carbocycles. The van der Waals surface area contributed by atoms with Crippen LogP contribution in [0.5, 0.6) is 0 Å². The predicted molar refractivity (Wildman–Crippen MR) is 73.0 cm³/mol. The molecule has 0 unspecified atom stereocenters. The minimum atomic E-state index is -1.02. The molecule has 2 atom stereocenters. The Morgan fingerprint density at radius 2 is 1.31 bits per heavy atom. The van der Waals surface area contributed by atoms with Gasteiger partial charge in [-0.05, 0) is 6.42 Å². The predicted octanol–water partition coefficient (Wildman–Crippen LogP) is 1.70. The fraction of sp³-hybridized carbons (Fsp3) is 1.00. The van der Waals surface area contributed by atoms with Crippen molar-refractivity contribution >= 4 is 23.5 Å². The lowest BCUT2D eigenvalue weighted by Gasteiger charge is -2.24. The Morgan fingerprint density at radius 1 is 0.875 bits per heavy atom. The highest BCUT2D eigenvalue weighted by Gasteiger charge is 2.22. The molecule has 5 heteroatoms. The number of thioether (sulfide) groups is 2. The molecule has 3 nitrogen and oxygen atoms in total. The van der Waals surface area contributed by atoms with Crippen molar-refractivity contribution in [3.05, 3.63) is 0 Å². The second kappa shape index (κ2) is 8.64. The van der Waals surface area contributed by atoms with Gasteiger partial charge in [0.15, 0.2) is 0 Å². The van der Waals surface area contributed by atoms with Crippen molar-refractivity contribution in [3.63, 3.8) is 0 Å². The molecule has 0 spiro atoms. The van der Waals surface area contributed by atoms with Crippen LogP contribution in [0.2, 0.25) is 0 Å². The molecule has 0 amide bonds. The van der Waals surface area contributed by atoms with Crippen LogP contribution in [0, 0.1) is 0 Å². The Morgan fingerprint density at radius 3 is 1.62 bits per heavy atom. The molecule has 0 heterocycles. The molecule has 3 N–H and O–H groups in total. The van der Waals surface area contributed by atoms with Gasteiger partial charge in [0.25, 0.3) is 0 Å². The summed E-state index contributed by atoms with van der Waals surface area (Å²) in [5, 5.41) is 28.8. The number of hydrogen-bond donors (Lipinski definition) is 3. The fourth-order valence-corrected chi connectivity index (χ4v) is 4.65. The molecule has 16 heavy (non-hydrogen) atoms. The summed E-state index contributed by atoms with van der Waals surface area (Å²) < 4.78 is 0.260. The van der Waals surface area contributed by atoms with E-state index >= 15 is 0 Å². The first-order valence-electron chi connectivity index (χ1n) is 5.64. The lowest BCUT2D eigenvalue weighted by molar-refractivity contribution is -0.0154. The zero-order valence-electron chi connectivity index (χ0n) is 10.5. The summed E-state index contributed by atoms with van der Waals surface area (Å²) in [5.74, 6) is 0. The van der Waals surface area contributed by atoms with Crippen molar-refractivity contribution in [3.8, 4) is 0 Å². The van der Waals surface area contributed by atoms with E-state index in [-0.39, 0.29) is 11.2 Å². The summed E-state index contributed by atoms with van der Waals surface area (Å²) >= 11 is 3.59. The van der Waals surface area contributed by atoms with E-state index in [2.05, 4.69) is 27.7 Å². The largest absolute Gasteiger partial charge is 0.394 e. The summed E-state index contributed by atoms with van der Waals surface area (Å²) in [6, 6.07) is 0. The van der Waals surface area contributed by atoms with Crippen LogP contribution in [0.25, 0.3) is 0 Å². The first kappa shape index (κ1) is 16.6. The molecule has 0 aliphatic carbocycles. The van der Waals surface area contributed by atoms with Crippen molar-refractivity contribution in [2.24, 2.45) is 0 Å². The number of aliphatic hydroxyl groups excluding tert-OH is 3. The van der Waals surface area contributed by atoms with Crippen molar-refractivity contribution in [1.82, 2.24) is 0 Å². The normalized spacial score (nSPS) is 16.1. The number of hydrogen-bond acceptors (Lipinski definition) is 5. The van der Waals surface area contributed by atoms with E-state index in [4.69, 9.17) is 5.11 Å². The zero-order valence-corrected chi connectivity index (χ0v) is 12.1. The van der Waals surface area contributed by atoms with Crippen LogP contribution in [-0.2, 0) is 0 Å². The molecule has 0 aliphatic heterocycles. The molecule has 0 radical (unpaired) electrons. The molecule has 0 aromatic rings. The molecular weight excluding hydrogens is 244 g/mol. The number of aliphatic hydroxyl groups is 3. The van der Waals surface area contributed by atoms with E-state index in [1.54, 1.807) is 23.5 Å². The van der Waals surface area contributed by atoms with Gasteiger partial charge in [-0.2, -0.15) is 0 Å². The smallest absolute Gasteiger partial charge is 0.103 e. The van der Waals surface area contributed by atoms with E-state index in [0.29, 0.717) is 16.9 Å². The maximum atomic E-state index is 9.68. The summed E-state index contributed by atoms with van der Waals surface area (Å²) in [6.45, 7) is 8.09. The molecule has 0 fully saturated rings. The average Bonchev–Trinajstić information content (AvgIpc) is 2.14. The Balaban J connectivity index is 4.18. The van der Waals surface area contributed by atoms with Gasteiger partial charge >= 0.3 is 0 Å². The molecule has 0 aromatic heterocycles. The highest BCUT2D eigenvalue weighted by molar-refractivity contribution is 8.17. The quantitative estimate of drug-likeness (QED) is 0.585. The second-order valence-electron chi connectivity index (χ2n) is 4.35. The van der Waals surface area contributed by atoms with E-state index in [1.807, 2.05) is 0 Å². The molecule has 0 rings (SSSR count). The van der Waals surface area contributed by atoms with Crippen LogP contribution in [0.1, 0.15) is 34.1 Å². The lowest BCUT2D eigenvalue weighted by atomic mass is 10.2. The second-order valence-corrected chi connectivity index (χ2v) is 8.22. The van der Waals surface area contributed by atoms with Gasteiger partial charge in [0.1, 0.15) is 6.10 Å². The standard InChI is InChI=1S/C11H24O3S2/c1-7(2)15-11(16-8(3)4)5-9(13)10(14)6-12/h7-14H,5-6H2,1-4H3/t9-,10+/m0/s1. The minimum Gasteiger partial charge on any atom is -0.394 e. The van der Waals surface area contributed by atoms with E-state index in [1.165, 1.54) is 0 Å². The van der Waals surface area contributed by atoms with Crippen LogP contribution < -0.4 is 0 Å². The van der Waals surface area contributed by atoms with Gasteiger partial charge in [0.2, 0.25) is 0 Å². The van der Waals surface area contributed by atoms with Crippen molar-refractivity contribution in [2.75, 3.05) is 6.61 Å². The summed E-state index contributed by atoms with van der Waals surface area (Å²) in [4.78, 5) is 0. The maximum Gasteiger partial charge on any atom is 0.103 e. The van der Waals surface area contributed by atoms with Crippen LogP contribution >= 0.6 is 23.5 Å². The van der Waals surface area contributed by atoms with Crippen LogP contribution in [0.3, 0.4) is 0 Å². The molecule has 0 aliphatic rings. The van der Waals surface area contributed by atoms with Gasteiger partial charge < -0.3 is 15.3 Å². The first-order valence-corrected chi connectivity index (χ1v) is 7.53. The SMILES string of the molecule is CC(C)SC(C[C@H](O)[C@H](O)CO)SC(C)C. The molecule has 0 saturated heterocycles. The number of rotatable bonds is 8. The summed E-state index contributed by atoms with van der Waals surface area (Å²) in [6.07, 6.45) is -1.36. The van der Waals surface area contributed by atoms with E-state index < -0.39 is 12.2 Å². The zero-order chi connectivity index (χ0) is 12.7.